The average Bonchev–Trinajstić information content (AvgIpc) is 2.65. The molecule has 0 spiro atoms. The number of aromatic nitrogens is 4. The number of rotatable bonds is 2. The van der Waals surface area contributed by atoms with E-state index in [0.29, 0.717) is 5.69 Å². The number of amides is 1. The van der Waals surface area contributed by atoms with Crippen LogP contribution >= 0.6 is 0 Å². The molecule has 82 valence electrons. The molecule has 0 aliphatic rings. The SMILES string of the molecule is Cc1cnc(C(=O)Nc2cnn(C)c2)cn1. The van der Waals surface area contributed by atoms with Crippen LogP contribution in [0.25, 0.3) is 0 Å². The fourth-order valence-corrected chi connectivity index (χ4v) is 1.19. The second kappa shape index (κ2) is 4.09. The van der Waals surface area contributed by atoms with Gasteiger partial charge in [-0.15, -0.1) is 0 Å². The van der Waals surface area contributed by atoms with Crippen LogP contribution in [-0.2, 0) is 7.05 Å². The van der Waals surface area contributed by atoms with Crippen LogP contribution in [-0.4, -0.2) is 25.7 Å². The smallest absolute Gasteiger partial charge is 0.275 e. The predicted octanol–water partition coefficient (Wildman–Crippen LogP) is 0.771. The first-order valence-electron chi connectivity index (χ1n) is 4.74. The number of carbonyl (C=O) groups is 1. The third-order valence-corrected chi connectivity index (χ3v) is 1.98. The molecule has 2 heterocycles. The van der Waals surface area contributed by atoms with E-state index in [4.69, 9.17) is 0 Å². The summed E-state index contributed by atoms with van der Waals surface area (Å²) < 4.78 is 1.61. The zero-order chi connectivity index (χ0) is 11.5. The van der Waals surface area contributed by atoms with Crippen molar-refractivity contribution in [2.24, 2.45) is 7.05 Å². The lowest BCUT2D eigenvalue weighted by Crippen LogP contribution is -2.13. The van der Waals surface area contributed by atoms with Gasteiger partial charge in [0, 0.05) is 19.4 Å². The number of aryl methyl sites for hydroxylation is 2. The number of hydrogen-bond acceptors (Lipinski definition) is 4. The quantitative estimate of drug-likeness (QED) is 0.806. The Morgan fingerprint density at radius 3 is 2.69 bits per heavy atom. The Morgan fingerprint density at radius 1 is 1.31 bits per heavy atom. The molecule has 6 heteroatoms. The van der Waals surface area contributed by atoms with Gasteiger partial charge < -0.3 is 5.32 Å². The molecule has 2 aromatic heterocycles. The number of anilines is 1. The maximum atomic E-state index is 11.7. The third-order valence-electron chi connectivity index (χ3n) is 1.98. The fourth-order valence-electron chi connectivity index (χ4n) is 1.19. The summed E-state index contributed by atoms with van der Waals surface area (Å²) in [6, 6.07) is 0. The van der Waals surface area contributed by atoms with Crippen LogP contribution in [0.4, 0.5) is 5.69 Å². The van der Waals surface area contributed by atoms with E-state index >= 15 is 0 Å². The molecule has 16 heavy (non-hydrogen) atoms. The molecule has 1 amide bonds. The molecule has 2 rings (SSSR count). The van der Waals surface area contributed by atoms with Crippen molar-refractivity contribution in [3.05, 3.63) is 36.2 Å². The normalized spacial score (nSPS) is 10.1. The van der Waals surface area contributed by atoms with E-state index in [-0.39, 0.29) is 11.6 Å². The lowest BCUT2D eigenvalue weighted by atomic mass is 10.4. The zero-order valence-corrected chi connectivity index (χ0v) is 9.01. The molecule has 0 aliphatic carbocycles. The van der Waals surface area contributed by atoms with Gasteiger partial charge in [-0.05, 0) is 6.92 Å². The molecule has 0 fully saturated rings. The molecule has 0 radical (unpaired) electrons. The average molecular weight is 217 g/mol. The highest BCUT2D eigenvalue weighted by atomic mass is 16.1. The standard InChI is InChI=1S/C10H11N5O/c1-7-3-12-9(5-11-7)10(16)14-8-4-13-15(2)6-8/h3-6H,1-2H3,(H,14,16). The molecule has 0 saturated heterocycles. The molecular weight excluding hydrogens is 206 g/mol. The maximum absolute atomic E-state index is 11.7. The molecule has 0 bridgehead atoms. The summed E-state index contributed by atoms with van der Waals surface area (Å²) in [5, 5.41) is 6.62. The van der Waals surface area contributed by atoms with Gasteiger partial charge in [-0.3, -0.25) is 14.5 Å². The molecule has 0 saturated carbocycles. The van der Waals surface area contributed by atoms with Gasteiger partial charge in [0.25, 0.3) is 5.91 Å². The minimum Gasteiger partial charge on any atom is -0.318 e. The van der Waals surface area contributed by atoms with E-state index < -0.39 is 0 Å². The molecular formula is C10H11N5O. The van der Waals surface area contributed by atoms with Gasteiger partial charge >= 0.3 is 0 Å². The number of carbonyl (C=O) groups excluding carboxylic acids is 1. The minimum atomic E-state index is -0.291. The predicted molar refractivity (Wildman–Crippen MR) is 57.9 cm³/mol. The number of nitrogens with one attached hydrogen (secondary N) is 1. The van der Waals surface area contributed by atoms with Crippen molar-refractivity contribution in [1.82, 2.24) is 19.7 Å². The van der Waals surface area contributed by atoms with Gasteiger partial charge in [0.15, 0.2) is 0 Å². The second-order valence-electron chi connectivity index (χ2n) is 3.40. The summed E-state index contributed by atoms with van der Waals surface area (Å²) in [4.78, 5) is 19.7. The lowest BCUT2D eigenvalue weighted by molar-refractivity contribution is 0.102. The Kier molecular flexibility index (Phi) is 2.63. The van der Waals surface area contributed by atoms with Crippen molar-refractivity contribution in [2.45, 2.75) is 6.92 Å². The molecule has 0 unspecified atom stereocenters. The van der Waals surface area contributed by atoms with Crippen LogP contribution in [0.3, 0.4) is 0 Å². The summed E-state index contributed by atoms with van der Waals surface area (Å²) in [6.45, 7) is 1.82. The van der Waals surface area contributed by atoms with Crippen LogP contribution in [0.1, 0.15) is 16.2 Å². The first kappa shape index (κ1) is 10.3. The van der Waals surface area contributed by atoms with Gasteiger partial charge in [-0.1, -0.05) is 0 Å². The Labute approximate surface area is 92.3 Å². The first-order valence-corrected chi connectivity index (χ1v) is 4.74. The van der Waals surface area contributed by atoms with E-state index in [1.807, 2.05) is 6.92 Å². The molecule has 6 nitrogen and oxygen atoms in total. The highest BCUT2D eigenvalue weighted by molar-refractivity contribution is 6.02. The van der Waals surface area contributed by atoms with E-state index in [1.165, 1.54) is 6.20 Å². The van der Waals surface area contributed by atoms with Crippen LogP contribution < -0.4 is 5.32 Å². The van der Waals surface area contributed by atoms with Crippen LogP contribution in [0.2, 0.25) is 0 Å². The van der Waals surface area contributed by atoms with Gasteiger partial charge in [-0.25, -0.2) is 4.98 Å². The van der Waals surface area contributed by atoms with Gasteiger partial charge in [0.2, 0.25) is 0 Å². The molecule has 0 aliphatic heterocycles. The molecule has 0 aromatic carbocycles. The number of nitrogens with zero attached hydrogens (tertiary/aromatic N) is 4. The highest BCUT2D eigenvalue weighted by Crippen LogP contribution is 2.05. The topological polar surface area (TPSA) is 72.7 Å². The van der Waals surface area contributed by atoms with Crippen molar-refractivity contribution in [1.29, 1.82) is 0 Å². The van der Waals surface area contributed by atoms with Gasteiger partial charge in [-0.2, -0.15) is 5.10 Å². The first-order chi connectivity index (χ1) is 7.65. The summed E-state index contributed by atoms with van der Waals surface area (Å²) in [7, 11) is 1.78. The minimum absolute atomic E-state index is 0.287. The summed E-state index contributed by atoms with van der Waals surface area (Å²) in [6.07, 6.45) is 6.28. The van der Waals surface area contributed by atoms with E-state index in [0.717, 1.165) is 5.69 Å². The summed E-state index contributed by atoms with van der Waals surface area (Å²) in [5.41, 5.74) is 1.70. The zero-order valence-electron chi connectivity index (χ0n) is 9.01. The molecule has 2 aromatic rings. The Balaban J connectivity index is 2.11. The van der Waals surface area contributed by atoms with Crippen LogP contribution in [0.15, 0.2) is 24.8 Å². The second-order valence-corrected chi connectivity index (χ2v) is 3.40. The van der Waals surface area contributed by atoms with Gasteiger partial charge in [0.05, 0.1) is 23.8 Å². The van der Waals surface area contributed by atoms with Crippen molar-refractivity contribution in [3.63, 3.8) is 0 Å². The Bertz CT molecular complexity index is 502. The highest BCUT2D eigenvalue weighted by Gasteiger charge is 2.08. The fraction of sp³-hybridized carbons (Fsp3) is 0.200. The van der Waals surface area contributed by atoms with E-state index in [1.54, 1.807) is 30.3 Å². The third kappa shape index (κ3) is 2.22. The van der Waals surface area contributed by atoms with E-state index in [2.05, 4.69) is 20.4 Å². The Hall–Kier alpha value is -2.24. The molecule has 1 N–H and O–H groups in total. The van der Waals surface area contributed by atoms with Crippen LogP contribution in [0, 0.1) is 6.92 Å². The largest absolute Gasteiger partial charge is 0.318 e. The van der Waals surface area contributed by atoms with Crippen molar-refractivity contribution >= 4 is 11.6 Å². The number of hydrogen-bond donors (Lipinski definition) is 1. The van der Waals surface area contributed by atoms with Gasteiger partial charge in [0.1, 0.15) is 5.69 Å². The maximum Gasteiger partial charge on any atom is 0.275 e. The summed E-state index contributed by atoms with van der Waals surface area (Å²) >= 11 is 0. The van der Waals surface area contributed by atoms with Crippen molar-refractivity contribution in [2.75, 3.05) is 5.32 Å². The Morgan fingerprint density at radius 2 is 2.12 bits per heavy atom. The summed E-state index contributed by atoms with van der Waals surface area (Å²) in [5.74, 6) is -0.291. The van der Waals surface area contributed by atoms with E-state index in [9.17, 15) is 4.79 Å². The lowest BCUT2D eigenvalue weighted by Gasteiger charge is -2.00. The van der Waals surface area contributed by atoms with Crippen molar-refractivity contribution in [3.8, 4) is 0 Å². The van der Waals surface area contributed by atoms with Crippen molar-refractivity contribution < 1.29 is 4.79 Å². The molecule has 0 atom stereocenters. The van der Waals surface area contributed by atoms with Crippen LogP contribution in [0.5, 0.6) is 0 Å². The monoisotopic (exact) mass is 217 g/mol.